The Labute approximate surface area is 366 Å². The van der Waals surface area contributed by atoms with Crippen LogP contribution < -0.4 is 10.2 Å². The molecule has 0 aliphatic carbocycles. The Bertz CT molecular complexity index is 1060. The lowest BCUT2D eigenvalue weighted by molar-refractivity contribution is -0.870. The number of amides is 1. The van der Waals surface area contributed by atoms with Gasteiger partial charge in [0.05, 0.1) is 39.9 Å². The number of unbranched alkanes of at least 4 members (excludes halogenated alkanes) is 28. The Morgan fingerprint density at radius 2 is 0.949 bits per heavy atom. The second kappa shape index (κ2) is 42.0. The third kappa shape index (κ3) is 44.6. The lowest BCUT2D eigenvalue weighted by Crippen LogP contribution is -2.45. The first-order valence-electron chi connectivity index (χ1n) is 24.9. The fraction of sp³-hybridized carbons (Fsp3) is 0.860. The minimum absolute atomic E-state index is 0.00640. The number of rotatable bonds is 45. The van der Waals surface area contributed by atoms with Crippen LogP contribution in [0.25, 0.3) is 0 Å². The molecule has 0 aromatic rings. The molecular weight excluding hydrogens is 756 g/mol. The highest BCUT2D eigenvalue weighted by Crippen LogP contribution is 2.38. The molecule has 1 amide bonds. The van der Waals surface area contributed by atoms with Gasteiger partial charge in [-0.15, -0.1) is 0 Å². The van der Waals surface area contributed by atoms with Crippen LogP contribution in [-0.4, -0.2) is 68.5 Å². The highest BCUT2D eigenvalue weighted by molar-refractivity contribution is 7.45. The summed E-state index contributed by atoms with van der Waals surface area (Å²) in [7, 11) is 1.24. The molecule has 3 atom stereocenters. The molecule has 348 valence electrons. The number of aliphatic hydroxyl groups is 1. The van der Waals surface area contributed by atoms with Gasteiger partial charge < -0.3 is 28.8 Å². The van der Waals surface area contributed by atoms with Crippen LogP contribution >= 0.6 is 7.82 Å². The Kier molecular flexibility index (Phi) is 41.1. The summed E-state index contributed by atoms with van der Waals surface area (Å²) in [5.41, 5.74) is 0. The average molecular weight is 853 g/mol. The van der Waals surface area contributed by atoms with E-state index in [0.717, 1.165) is 38.5 Å². The monoisotopic (exact) mass is 853 g/mol. The van der Waals surface area contributed by atoms with E-state index in [1.54, 1.807) is 6.08 Å². The van der Waals surface area contributed by atoms with Crippen molar-refractivity contribution in [3.05, 3.63) is 36.5 Å². The van der Waals surface area contributed by atoms with Crippen molar-refractivity contribution >= 4 is 13.7 Å². The Hall–Kier alpha value is -1.28. The number of nitrogens with zero attached hydrogens (tertiary/aromatic N) is 1. The Balaban J connectivity index is 4.06. The van der Waals surface area contributed by atoms with Gasteiger partial charge in [-0.25, -0.2) is 0 Å². The third-order valence-corrected chi connectivity index (χ3v) is 12.0. The maximum atomic E-state index is 12.8. The van der Waals surface area contributed by atoms with Crippen molar-refractivity contribution in [3.8, 4) is 0 Å². The molecule has 0 aromatic carbocycles. The zero-order chi connectivity index (χ0) is 43.6. The number of nitrogens with one attached hydrogen (secondary N) is 1. The van der Waals surface area contributed by atoms with E-state index in [1.165, 1.54) is 167 Å². The number of allylic oxidation sites excluding steroid dienone is 5. The number of quaternary nitrogens is 1. The van der Waals surface area contributed by atoms with E-state index in [0.29, 0.717) is 17.4 Å². The highest BCUT2D eigenvalue weighted by atomic mass is 31.2. The molecule has 0 aromatic heterocycles. The topological polar surface area (TPSA) is 108 Å². The minimum Gasteiger partial charge on any atom is -0.756 e. The van der Waals surface area contributed by atoms with Crippen LogP contribution in [-0.2, 0) is 18.4 Å². The molecule has 0 saturated heterocycles. The van der Waals surface area contributed by atoms with Crippen molar-refractivity contribution in [1.29, 1.82) is 0 Å². The normalized spacial score (nSPS) is 14.5. The number of aliphatic hydroxyl groups excluding tert-OH is 1. The van der Waals surface area contributed by atoms with Gasteiger partial charge >= 0.3 is 0 Å². The number of hydrogen-bond donors (Lipinski definition) is 2. The molecule has 0 heterocycles. The fourth-order valence-corrected chi connectivity index (χ4v) is 7.83. The number of hydrogen-bond acceptors (Lipinski definition) is 6. The van der Waals surface area contributed by atoms with Crippen molar-refractivity contribution in [3.63, 3.8) is 0 Å². The molecule has 0 spiro atoms. The molecule has 59 heavy (non-hydrogen) atoms. The largest absolute Gasteiger partial charge is 0.756 e. The van der Waals surface area contributed by atoms with Gasteiger partial charge in [-0.05, 0) is 57.8 Å². The van der Waals surface area contributed by atoms with E-state index in [-0.39, 0.29) is 12.5 Å². The number of carbonyl (C=O) groups excluding carboxylic acids is 1. The molecule has 0 rings (SSSR count). The Morgan fingerprint density at radius 1 is 0.576 bits per heavy atom. The van der Waals surface area contributed by atoms with Gasteiger partial charge in [-0.2, -0.15) is 0 Å². The van der Waals surface area contributed by atoms with Crippen LogP contribution in [0.15, 0.2) is 36.5 Å². The standard InChI is InChI=1S/C50H97N2O6P/c1-6-8-10-12-14-16-17-18-19-20-21-22-23-24-25-26-27-28-29-30-31-32-33-34-36-38-40-42-44-50(54)51-48(47-58-59(55,56)57-46-45-52(3,4)5)49(53)43-41-39-37-35-15-13-11-9-7-2/h15,24-25,35,41,43,48-49,53H,6-14,16-23,26-34,36-40,42,44-47H2,1-5H3,(H-,51,54,55,56)/b25-24-,35-15+,43-41+. The first-order chi connectivity index (χ1) is 28.5. The molecule has 0 aliphatic heterocycles. The summed E-state index contributed by atoms with van der Waals surface area (Å²) in [6.07, 6.45) is 52.3. The van der Waals surface area contributed by atoms with Crippen LogP contribution in [0.5, 0.6) is 0 Å². The van der Waals surface area contributed by atoms with Crippen LogP contribution in [0.1, 0.15) is 226 Å². The quantitative estimate of drug-likeness (QED) is 0.0273. The molecule has 9 heteroatoms. The predicted octanol–water partition coefficient (Wildman–Crippen LogP) is 13.6. The summed E-state index contributed by atoms with van der Waals surface area (Å²) in [5.74, 6) is -0.210. The third-order valence-electron chi connectivity index (χ3n) is 11.1. The lowest BCUT2D eigenvalue weighted by Gasteiger charge is -2.29. The second-order valence-corrected chi connectivity index (χ2v) is 19.6. The zero-order valence-corrected chi connectivity index (χ0v) is 40.4. The summed E-state index contributed by atoms with van der Waals surface area (Å²) in [6.45, 7) is 4.58. The summed E-state index contributed by atoms with van der Waals surface area (Å²) < 4.78 is 23.1. The van der Waals surface area contributed by atoms with E-state index in [1.807, 2.05) is 27.2 Å². The smallest absolute Gasteiger partial charge is 0.268 e. The van der Waals surface area contributed by atoms with E-state index >= 15 is 0 Å². The average Bonchev–Trinajstić information content (AvgIpc) is 3.19. The van der Waals surface area contributed by atoms with E-state index in [2.05, 4.69) is 43.5 Å². The van der Waals surface area contributed by atoms with Gasteiger partial charge in [0, 0.05) is 6.42 Å². The summed E-state index contributed by atoms with van der Waals surface area (Å²) in [5, 5.41) is 13.7. The van der Waals surface area contributed by atoms with Crippen molar-refractivity contribution in [2.24, 2.45) is 0 Å². The summed E-state index contributed by atoms with van der Waals surface area (Å²) in [4.78, 5) is 25.3. The van der Waals surface area contributed by atoms with Crippen molar-refractivity contribution < 1.29 is 32.9 Å². The van der Waals surface area contributed by atoms with Crippen LogP contribution in [0.3, 0.4) is 0 Å². The van der Waals surface area contributed by atoms with E-state index in [4.69, 9.17) is 9.05 Å². The lowest BCUT2D eigenvalue weighted by atomic mass is 10.0. The molecule has 3 unspecified atom stereocenters. The number of carbonyl (C=O) groups is 1. The molecule has 0 bridgehead atoms. The van der Waals surface area contributed by atoms with Gasteiger partial charge in [0.2, 0.25) is 5.91 Å². The first kappa shape index (κ1) is 57.7. The van der Waals surface area contributed by atoms with Gasteiger partial charge in [-0.3, -0.25) is 9.36 Å². The highest BCUT2D eigenvalue weighted by Gasteiger charge is 2.23. The molecule has 2 N–H and O–H groups in total. The van der Waals surface area contributed by atoms with Crippen molar-refractivity contribution in [2.75, 3.05) is 40.9 Å². The SMILES string of the molecule is CCCCC/C=C/CC/C=C/C(O)C(COP(=O)([O-])OCC[N+](C)(C)C)NC(=O)CCCCCCCCCCCCCC/C=C\CCCCCCCCCCCCCC. The zero-order valence-electron chi connectivity index (χ0n) is 39.5. The Morgan fingerprint density at radius 3 is 1.41 bits per heavy atom. The van der Waals surface area contributed by atoms with Crippen LogP contribution in [0.2, 0.25) is 0 Å². The number of likely N-dealkylation sites (N-methyl/N-ethyl adjacent to an activating group) is 1. The fourth-order valence-electron chi connectivity index (χ4n) is 7.10. The maximum Gasteiger partial charge on any atom is 0.268 e. The molecule has 0 radical (unpaired) electrons. The summed E-state index contributed by atoms with van der Waals surface area (Å²) >= 11 is 0. The summed E-state index contributed by atoms with van der Waals surface area (Å²) in [6, 6.07) is -0.900. The van der Waals surface area contributed by atoms with E-state index < -0.39 is 26.6 Å². The van der Waals surface area contributed by atoms with E-state index in [9.17, 15) is 19.4 Å². The minimum atomic E-state index is -4.59. The van der Waals surface area contributed by atoms with Crippen LogP contribution in [0, 0.1) is 0 Å². The van der Waals surface area contributed by atoms with Gasteiger partial charge in [0.25, 0.3) is 7.82 Å². The van der Waals surface area contributed by atoms with Crippen LogP contribution in [0.4, 0.5) is 0 Å². The molecule has 0 saturated carbocycles. The maximum absolute atomic E-state index is 12.8. The number of phosphoric acid groups is 1. The van der Waals surface area contributed by atoms with Crippen molar-refractivity contribution in [1.82, 2.24) is 5.32 Å². The molecular formula is C50H97N2O6P. The van der Waals surface area contributed by atoms with Gasteiger partial charge in [0.1, 0.15) is 13.2 Å². The van der Waals surface area contributed by atoms with Gasteiger partial charge in [0.15, 0.2) is 0 Å². The molecule has 0 fully saturated rings. The molecule has 8 nitrogen and oxygen atoms in total. The predicted molar refractivity (Wildman–Crippen MR) is 251 cm³/mol. The molecule has 0 aliphatic rings. The second-order valence-electron chi connectivity index (χ2n) is 18.2. The number of phosphoric ester groups is 1. The first-order valence-corrected chi connectivity index (χ1v) is 26.3. The van der Waals surface area contributed by atoms with Crippen molar-refractivity contribution in [2.45, 2.75) is 238 Å². The van der Waals surface area contributed by atoms with Gasteiger partial charge in [-0.1, -0.05) is 198 Å².